The number of hydrogen-bond donors (Lipinski definition) is 0. The number of carbonyl (C=O) groups excluding carboxylic acids is 2. The van der Waals surface area contributed by atoms with Crippen molar-refractivity contribution in [1.29, 1.82) is 0 Å². The van der Waals surface area contributed by atoms with Gasteiger partial charge in [-0.05, 0) is 24.8 Å². The molecule has 4 heteroatoms. The SMILES string of the molecule is CCN1CCN(C(=O)[C@]23CC[C@@](C)(C(=O)C2)C3(C)C)CC1. The van der Waals surface area contributed by atoms with E-state index < -0.39 is 5.41 Å². The van der Waals surface area contributed by atoms with Crippen molar-refractivity contribution in [3.05, 3.63) is 0 Å². The average molecular weight is 292 g/mol. The first kappa shape index (κ1) is 15.0. The molecular weight excluding hydrogens is 264 g/mol. The van der Waals surface area contributed by atoms with Crippen LogP contribution < -0.4 is 0 Å². The lowest BCUT2D eigenvalue weighted by atomic mass is 9.64. The van der Waals surface area contributed by atoms with Gasteiger partial charge in [-0.1, -0.05) is 27.7 Å². The Hall–Kier alpha value is -0.900. The van der Waals surface area contributed by atoms with Gasteiger partial charge < -0.3 is 9.80 Å². The van der Waals surface area contributed by atoms with Crippen molar-refractivity contribution in [3.63, 3.8) is 0 Å². The lowest BCUT2D eigenvalue weighted by Crippen LogP contribution is -2.55. The van der Waals surface area contributed by atoms with Gasteiger partial charge >= 0.3 is 0 Å². The van der Waals surface area contributed by atoms with Crippen LogP contribution in [0, 0.1) is 16.2 Å². The summed E-state index contributed by atoms with van der Waals surface area (Å²) in [5.41, 5.74) is -0.947. The molecule has 2 bridgehead atoms. The molecule has 0 N–H and O–H groups in total. The standard InChI is InChI=1S/C17H28N2O2/c1-5-18-8-10-19(11-9-18)14(21)17-7-6-16(4,13(20)12-17)15(17,2)3/h5-12H2,1-4H3/t16-,17-/m0/s1. The van der Waals surface area contributed by atoms with E-state index in [0.717, 1.165) is 45.6 Å². The predicted octanol–water partition coefficient (Wildman–Crippen LogP) is 1.94. The van der Waals surface area contributed by atoms with E-state index in [1.165, 1.54) is 0 Å². The summed E-state index contributed by atoms with van der Waals surface area (Å²) in [5.74, 6) is 0.553. The van der Waals surface area contributed by atoms with E-state index in [4.69, 9.17) is 0 Å². The van der Waals surface area contributed by atoms with Crippen LogP contribution in [-0.2, 0) is 9.59 Å². The number of hydrogen-bond acceptors (Lipinski definition) is 3. The van der Waals surface area contributed by atoms with Crippen molar-refractivity contribution >= 4 is 11.7 Å². The fraction of sp³-hybridized carbons (Fsp3) is 0.882. The van der Waals surface area contributed by atoms with E-state index in [9.17, 15) is 9.59 Å². The molecule has 1 aliphatic heterocycles. The second-order valence-corrected chi connectivity index (χ2v) is 7.87. The molecule has 3 rings (SSSR count). The minimum absolute atomic E-state index is 0.212. The number of likely N-dealkylation sites (N-methyl/N-ethyl adjacent to an activating group) is 1. The van der Waals surface area contributed by atoms with Gasteiger partial charge in [0.05, 0.1) is 5.41 Å². The first-order valence-corrected chi connectivity index (χ1v) is 8.33. The quantitative estimate of drug-likeness (QED) is 0.781. The maximum absolute atomic E-state index is 13.2. The molecule has 21 heavy (non-hydrogen) atoms. The fourth-order valence-electron chi connectivity index (χ4n) is 4.90. The lowest BCUT2D eigenvalue weighted by Gasteiger charge is -2.44. The Morgan fingerprint density at radius 3 is 2.14 bits per heavy atom. The van der Waals surface area contributed by atoms with Crippen LogP contribution in [0.3, 0.4) is 0 Å². The van der Waals surface area contributed by atoms with Crippen LogP contribution in [0.4, 0.5) is 0 Å². The van der Waals surface area contributed by atoms with Gasteiger partial charge in [0.2, 0.25) is 5.91 Å². The molecule has 1 heterocycles. The van der Waals surface area contributed by atoms with Crippen LogP contribution in [0.25, 0.3) is 0 Å². The Bertz CT molecular complexity index is 479. The van der Waals surface area contributed by atoms with Gasteiger partial charge in [-0.15, -0.1) is 0 Å². The van der Waals surface area contributed by atoms with E-state index in [1.54, 1.807) is 0 Å². The number of carbonyl (C=O) groups is 2. The monoisotopic (exact) mass is 292 g/mol. The molecule has 0 aromatic heterocycles. The van der Waals surface area contributed by atoms with E-state index in [0.29, 0.717) is 12.2 Å². The lowest BCUT2D eigenvalue weighted by molar-refractivity contribution is -0.149. The smallest absolute Gasteiger partial charge is 0.229 e. The zero-order valence-corrected chi connectivity index (χ0v) is 13.9. The summed E-state index contributed by atoms with van der Waals surface area (Å²) in [4.78, 5) is 30.1. The number of piperazine rings is 1. The van der Waals surface area contributed by atoms with Crippen LogP contribution in [0.15, 0.2) is 0 Å². The minimum Gasteiger partial charge on any atom is -0.340 e. The van der Waals surface area contributed by atoms with Crippen LogP contribution in [0.5, 0.6) is 0 Å². The molecule has 0 unspecified atom stereocenters. The van der Waals surface area contributed by atoms with Gasteiger partial charge in [0.25, 0.3) is 0 Å². The Morgan fingerprint density at radius 2 is 1.71 bits per heavy atom. The molecule has 1 amide bonds. The second-order valence-electron chi connectivity index (χ2n) is 7.87. The molecule has 2 atom stereocenters. The van der Waals surface area contributed by atoms with Crippen molar-refractivity contribution in [2.75, 3.05) is 32.7 Å². The van der Waals surface area contributed by atoms with E-state index >= 15 is 0 Å². The molecule has 0 aromatic rings. The minimum atomic E-state index is -0.437. The number of nitrogens with zero attached hydrogens (tertiary/aromatic N) is 2. The van der Waals surface area contributed by atoms with Crippen molar-refractivity contribution in [1.82, 2.24) is 9.80 Å². The largest absolute Gasteiger partial charge is 0.340 e. The van der Waals surface area contributed by atoms with Gasteiger partial charge in [-0.2, -0.15) is 0 Å². The number of amides is 1. The molecule has 0 radical (unpaired) electrons. The average Bonchev–Trinajstić information content (AvgIpc) is 2.77. The molecule has 3 fully saturated rings. The van der Waals surface area contributed by atoms with Gasteiger partial charge in [0.1, 0.15) is 5.78 Å². The summed E-state index contributed by atoms with van der Waals surface area (Å²) in [6, 6.07) is 0. The third-order valence-electron chi connectivity index (χ3n) is 7.22. The molecule has 0 aromatic carbocycles. The van der Waals surface area contributed by atoms with Gasteiger partial charge in [0.15, 0.2) is 0 Å². The maximum Gasteiger partial charge on any atom is 0.229 e. The molecule has 2 aliphatic carbocycles. The van der Waals surface area contributed by atoms with E-state index in [1.807, 2.05) is 4.90 Å². The topological polar surface area (TPSA) is 40.6 Å². The van der Waals surface area contributed by atoms with Crippen molar-refractivity contribution < 1.29 is 9.59 Å². The second kappa shape index (κ2) is 4.55. The molecule has 1 saturated heterocycles. The highest BCUT2D eigenvalue weighted by Crippen LogP contribution is 2.71. The highest BCUT2D eigenvalue weighted by atomic mass is 16.2. The number of Topliss-reactive ketones (excluding diaryl/α,β-unsaturated/α-hetero) is 1. The zero-order valence-electron chi connectivity index (χ0n) is 13.9. The van der Waals surface area contributed by atoms with Crippen LogP contribution in [0.2, 0.25) is 0 Å². The zero-order chi connectivity index (χ0) is 15.5. The van der Waals surface area contributed by atoms with E-state index in [2.05, 4.69) is 32.6 Å². The van der Waals surface area contributed by atoms with E-state index in [-0.39, 0.29) is 16.7 Å². The predicted molar refractivity (Wildman–Crippen MR) is 81.9 cm³/mol. The van der Waals surface area contributed by atoms with Crippen molar-refractivity contribution in [3.8, 4) is 0 Å². The number of ketones is 1. The fourth-order valence-corrected chi connectivity index (χ4v) is 4.90. The third-order valence-corrected chi connectivity index (χ3v) is 7.22. The first-order chi connectivity index (χ1) is 9.78. The Morgan fingerprint density at radius 1 is 1.10 bits per heavy atom. The Labute approximate surface area is 127 Å². The molecule has 2 saturated carbocycles. The molecular formula is C17H28N2O2. The summed E-state index contributed by atoms with van der Waals surface area (Å²) < 4.78 is 0. The molecule has 0 spiro atoms. The normalized spacial score (nSPS) is 39.0. The van der Waals surface area contributed by atoms with Gasteiger partial charge in [-0.25, -0.2) is 0 Å². The first-order valence-electron chi connectivity index (χ1n) is 8.33. The van der Waals surface area contributed by atoms with Gasteiger partial charge in [-0.3, -0.25) is 9.59 Å². The van der Waals surface area contributed by atoms with Crippen molar-refractivity contribution in [2.24, 2.45) is 16.2 Å². The van der Waals surface area contributed by atoms with Crippen molar-refractivity contribution in [2.45, 2.75) is 47.0 Å². The Balaban J connectivity index is 1.84. The summed E-state index contributed by atoms with van der Waals surface area (Å²) in [5, 5.41) is 0. The summed E-state index contributed by atoms with van der Waals surface area (Å²) in [6.45, 7) is 13.1. The van der Waals surface area contributed by atoms with Crippen LogP contribution in [-0.4, -0.2) is 54.2 Å². The third kappa shape index (κ3) is 1.71. The molecule has 118 valence electrons. The van der Waals surface area contributed by atoms with Gasteiger partial charge in [0, 0.05) is 38.0 Å². The summed E-state index contributed by atoms with van der Waals surface area (Å²) in [6.07, 6.45) is 2.22. The number of rotatable bonds is 2. The highest BCUT2D eigenvalue weighted by Gasteiger charge is 2.72. The molecule has 4 nitrogen and oxygen atoms in total. The van der Waals surface area contributed by atoms with Crippen LogP contribution >= 0.6 is 0 Å². The Kier molecular flexibility index (Phi) is 3.25. The summed E-state index contributed by atoms with van der Waals surface area (Å²) in [7, 11) is 0. The summed E-state index contributed by atoms with van der Waals surface area (Å²) >= 11 is 0. The molecule has 3 aliphatic rings. The maximum atomic E-state index is 13.2. The number of fused-ring (bicyclic) bond motifs is 2. The van der Waals surface area contributed by atoms with Crippen LogP contribution in [0.1, 0.15) is 47.0 Å². The highest BCUT2D eigenvalue weighted by molar-refractivity contribution is 5.99.